The Bertz CT molecular complexity index is 829. The zero-order valence-corrected chi connectivity index (χ0v) is 11.3. The predicted molar refractivity (Wildman–Crippen MR) is 72.4 cm³/mol. The molecule has 0 spiro atoms. The van der Waals surface area contributed by atoms with Gasteiger partial charge in [-0.25, -0.2) is 0 Å². The predicted octanol–water partition coefficient (Wildman–Crippen LogP) is 2.69. The van der Waals surface area contributed by atoms with Gasteiger partial charge in [0.15, 0.2) is 0 Å². The topological polar surface area (TPSA) is 78.4 Å². The van der Waals surface area contributed by atoms with E-state index in [9.17, 15) is 4.79 Å². The molecule has 4 rings (SSSR count). The second-order valence-corrected chi connectivity index (χ2v) is 5.14. The first kappa shape index (κ1) is 12.1. The molecule has 1 aliphatic carbocycles. The number of rotatable bonds is 3. The molecule has 3 aromatic rings. The summed E-state index contributed by atoms with van der Waals surface area (Å²) in [6.45, 7) is 0. The average molecular weight is 284 g/mol. The number of benzene rings is 1. The maximum Gasteiger partial charge on any atom is 0.321 e. The van der Waals surface area contributed by atoms with E-state index in [1.807, 2.05) is 24.3 Å². The maximum atomic E-state index is 11.8. The minimum atomic E-state index is -0.750. The lowest BCUT2D eigenvalue weighted by Gasteiger charge is -2.05. The third-order valence-electron chi connectivity index (χ3n) is 3.88. The Morgan fingerprint density at radius 1 is 1.33 bits per heavy atom. The van der Waals surface area contributed by atoms with Gasteiger partial charge in [0, 0.05) is 5.39 Å². The van der Waals surface area contributed by atoms with Gasteiger partial charge in [0.05, 0.1) is 12.7 Å². The van der Waals surface area contributed by atoms with Crippen molar-refractivity contribution in [1.29, 1.82) is 0 Å². The van der Waals surface area contributed by atoms with Crippen LogP contribution in [0.4, 0.5) is 0 Å². The molecule has 0 unspecified atom stereocenters. The highest BCUT2D eigenvalue weighted by atomic mass is 16.5. The van der Waals surface area contributed by atoms with E-state index in [2.05, 4.69) is 10.1 Å². The van der Waals surface area contributed by atoms with Crippen LogP contribution < -0.4 is 0 Å². The third-order valence-corrected chi connectivity index (χ3v) is 3.88. The number of hydrogen-bond donors (Lipinski definition) is 0. The zero-order chi connectivity index (χ0) is 14.4. The van der Waals surface area contributed by atoms with Crippen LogP contribution in [0.3, 0.4) is 0 Å². The van der Waals surface area contributed by atoms with Crippen LogP contribution in [0.25, 0.3) is 22.4 Å². The van der Waals surface area contributed by atoms with Gasteiger partial charge in [-0.05, 0) is 18.9 Å². The fourth-order valence-corrected chi connectivity index (χ4v) is 2.50. The van der Waals surface area contributed by atoms with Gasteiger partial charge < -0.3 is 13.7 Å². The molecule has 21 heavy (non-hydrogen) atoms. The van der Waals surface area contributed by atoms with Gasteiger partial charge >= 0.3 is 5.97 Å². The molecule has 106 valence electrons. The number of nitrogens with zero attached hydrogens (tertiary/aromatic N) is 2. The van der Waals surface area contributed by atoms with Crippen LogP contribution in [0, 0.1) is 0 Å². The normalized spacial score (nSPS) is 16.0. The lowest BCUT2D eigenvalue weighted by molar-refractivity contribution is -0.144. The van der Waals surface area contributed by atoms with E-state index in [0.29, 0.717) is 24.6 Å². The summed E-state index contributed by atoms with van der Waals surface area (Å²) < 4.78 is 15.6. The summed E-state index contributed by atoms with van der Waals surface area (Å²) in [6.07, 6.45) is 2.94. The molecular weight excluding hydrogens is 272 g/mol. The van der Waals surface area contributed by atoms with E-state index >= 15 is 0 Å². The Morgan fingerprint density at radius 2 is 2.14 bits per heavy atom. The molecule has 0 radical (unpaired) electrons. The van der Waals surface area contributed by atoms with E-state index in [4.69, 9.17) is 13.7 Å². The second-order valence-electron chi connectivity index (χ2n) is 5.14. The van der Waals surface area contributed by atoms with Crippen LogP contribution in [0.1, 0.15) is 18.7 Å². The number of esters is 1. The van der Waals surface area contributed by atoms with Gasteiger partial charge in [-0.15, -0.1) is 0 Å². The Kier molecular flexibility index (Phi) is 2.42. The van der Waals surface area contributed by atoms with Crippen molar-refractivity contribution in [3.05, 3.63) is 36.4 Å². The average Bonchev–Trinajstić information content (AvgIpc) is 2.99. The van der Waals surface area contributed by atoms with Crippen molar-refractivity contribution in [1.82, 2.24) is 10.1 Å². The van der Waals surface area contributed by atoms with Crippen molar-refractivity contribution < 1.29 is 18.5 Å². The number of hydrogen-bond acceptors (Lipinski definition) is 6. The van der Waals surface area contributed by atoms with Gasteiger partial charge in [0.1, 0.15) is 17.3 Å². The number of ether oxygens (including phenoxy) is 1. The van der Waals surface area contributed by atoms with E-state index < -0.39 is 5.41 Å². The second kappa shape index (κ2) is 4.18. The van der Waals surface area contributed by atoms with Gasteiger partial charge in [-0.3, -0.25) is 4.79 Å². The van der Waals surface area contributed by atoms with Crippen LogP contribution in [-0.2, 0) is 14.9 Å². The molecule has 6 nitrogen and oxygen atoms in total. The molecule has 0 aliphatic heterocycles. The van der Waals surface area contributed by atoms with Gasteiger partial charge in [-0.2, -0.15) is 4.98 Å². The number of methoxy groups -OCH3 is 1. The van der Waals surface area contributed by atoms with Crippen molar-refractivity contribution in [3.8, 4) is 11.4 Å². The SMILES string of the molecule is COC(=O)C1(c2nc(-c3coc4ccccc34)no2)CC1. The van der Waals surface area contributed by atoms with Gasteiger partial charge in [-0.1, -0.05) is 23.4 Å². The molecule has 2 heterocycles. The van der Waals surface area contributed by atoms with Crippen molar-refractivity contribution in [2.24, 2.45) is 0 Å². The number of fused-ring (bicyclic) bond motifs is 1. The van der Waals surface area contributed by atoms with E-state index in [-0.39, 0.29) is 5.97 Å². The highest BCUT2D eigenvalue weighted by molar-refractivity contribution is 5.92. The Morgan fingerprint density at radius 3 is 2.90 bits per heavy atom. The van der Waals surface area contributed by atoms with Crippen LogP contribution in [-0.4, -0.2) is 23.2 Å². The highest BCUT2D eigenvalue weighted by Gasteiger charge is 2.57. The fraction of sp³-hybridized carbons (Fsp3) is 0.267. The van der Waals surface area contributed by atoms with Gasteiger partial charge in [0.2, 0.25) is 11.7 Å². The largest absolute Gasteiger partial charge is 0.468 e. The zero-order valence-electron chi connectivity index (χ0n) is 11.3. The quantitative estimate of drug-likeness (QED) is 0.688. The Hall–Kier alpha value is -2.63. The number of furan rings is 1. The Balaban J connectivity index is 1.77. The van der Waals surface area contributed by atoms with E-state index in [1.54, 1.807) is 6.26 Å². The lowest BCUT2D eigenvalue weighted by atomic mass is 10.1. The number of para-hydroxylation sites is 1. The van der Waals surface area contributed by atoms with Crippen molar-refractivity contribution in [2.45, 2.75) is 18.3 Å². The number of aromatic nitrogens is 2. The summed E-state index contributed by atoms with van der Waals surface area (Å²) in [4.78, 5) is 16.2. The Labute approximate surface area is 119 Å². The molecule has 1 saturated carbocycles. The first-order valence-corrected chi connectivity index (χ1v) is 6.64. The molecule has 1 aromatic carbocycles. The highest BCUT2D eigenvalue weighted by Crippen LogP contribution is 2.48. The minimum Gasteiger partial charge on any atom is -0.468 e. The summed E-state index contributed by atoms with van der Waals surface area (Å²) in [5.74, 6) is 0.412. The monoisotopic (exact) mass is 284 g/mol. The molecule has 0 saturated heterocycles. The smallest absolute Gasteiger partial charge is 0.321 e. The molecule has 1 fully saturated rings. The lowest BCUT2D eigenvalue weighted by Crippen LogP contribution is -2.22. The van der Waals surface area contributed by atoms with Crippen LogP contribution in [0.2, 0.25) is 0 Å². The molecular formula is C15H12N2O4. The van der Waals surface area contributed by atoms with Crippen molar-refractivity contribution >= 4 is 16.9 Å². The molecule has 1 aliphatic rings. The number of carbonyl (C=O) groups excluding carboxylic acids is 1. The first-order chi connectivity index (χ1) is 10.2. The van der Waals surface area contributed by atoms with Crippen LogP contribution >= 0.6 is 0 Å². The summed E-state index contributed by atoms with van der Waals surface area (Å²) in [6, 6.07) is 7.61. The van der Waals surface area contributed by atoms with E-state index in [0.717, 1.165) is 16.5 Å². The number of carbonyl (C=O) groups is 1. The summed E-state index contributed by atoms with van der Waals surface area (Å²) in [5, 5.41) is 4.89. The summed E-state index contributed by atoms with van der Waals surface area (Å²) in [5.41, 5.74) is 0.758. The van der Waals surface area contributed by atoms with E-state index in [1.165, 1.54) is 7.11 Å². The van der Waals surface area contributed by atoms with Crippen LogP contribution in [0.5, 0.6) is 0 Å². The maximum absolute atomic E-state index is 11.8. The standard InChI is InChI=1S/C15H12N2O4/c1-19-14(18)15(6-7-15)13-16-12(17-21-13)10-8-20-11-5-3-2-4-9(10)11/h2-5,8H,6-7H2,1H3. The fourth-order valence-electron chi connectivity index (χ4n) is 2.50. The molecule has 2 aromatic heterocycles. The summed E-state index contributed by atoms with van der Waals surface area (Å²) >= 11 is 0. The summed E-state index contributed by atoms with van der Waals surface area (Å²) in [7, 11) is 1.36. The molecule has 0 N–H and O–H groups in total. The molecule has 0 bridgehead atoms. The van der Waals surface area contributed by atoms with Crippen molar-refractivity contribution in [2.75, 3.05) is 7.11 Å². The third kappa shape index (κ3) is 1.68. The van der Waals surface area contributed by atoms with Gasteiger partial charge in [0.25, 0.3) is 0 Å². The van der Waals surface area contributed by atoms with Crippen LogP contribution in [0.15, 0.2) is 39.5 Å². The molecule has 0 amide bonds. The minimum absolute atomic E-state index is 0.314. The van der Waals surface area contributed by atoms with Crippen molar-refractivity contribution in [3.63, 3.8) is 0 Å². The molecule has 6 heteroatoms. The molecule has 0 atom stereocenters. The first-order valence-electron chi connectivity index (χ1n) is 6.64.